The van der Waals surface area contributed by atoms with Crippen LogP contribution in [-0.2, 0) is 0 Å². The molecule has 7 heteroatoms. The standard InChI is InChI=1S/C14H12BrN3O3/c15-9-5-3-4-8(13(19)20)12(9)18-14(21)17-11-7-2-1-6-10(11)16/h1-7H,16H2,(H,19,20)(H2,17,18,21). The highest BCUT2D eigenvalue weighted by Crippen LogP contribution is 2.27. The molecular formula is C14H12BrN3O3. The molecule has 0 aliphatic rings. The van der Waals surface area contributed by atoms with Crippen LogP contribution in [0.4, 0.5) is 21.9 Å². The molecule has 108 valence electrons. The van der Waals surface area contributed by atoms with Gasteiger partial charge in [-0.2, -0.15) is 0 Å². The lowest BCUT2D eigenvalue weighted by molar-refractivity contribution is 0.0698. The summed E-state index contributed by atoms with van der Waals surface area (Å²) in [6.07, 6.45) is 0. The molecule has 2 amide bonds. The van der Waals surface area contributed by atoms with Gasteiger partial charge >= 0.3 is 12.0 Å². The summed E-state index contributed by atoms with van der Waals surface area (Å²) in [4.78, 5) is 23.1. The SMILES string of the molecule is Nc1ccccc1NC(=O)Nc1c(Br)cccc1C(=O)O. The monoisotopic (exact) mass is 349 g/mol. The minimum absolute atomic E-state index is 0.0134. The molecule has 0 heterocycles. The van der Waals surface area contributed by atoms with Crippen LogP contribution in [0.2, 0.25) is 0 Å². The predicted molar refractivity (Wildman–Crippen MR) is 84.6 cm³/mol. The van der Waals surface area contributed by atoms with Crippen molar-refractivity contribution in [1.82, 2.24) is 0 Å². The van der Waals surface area contributed by atoms with Gasteiger partial charge in [-0.05, 0) is 40.2 Å². The number of carboxylic acids is 1. The summed E-state index contributed by atoms with van der Waals surface area (Å²) in [5, 5.41) is 14.2. The van der Waals surface area contributed by atoms with Crippen LogP contribution in [0.3, 0.4) is 0 Å². The molecule has 6 nitrogen and oxygen atoms in total. The number of nitrogen functional groups attached to an aromatic ring is 1. The molecule has 0 aliphatic heterocycles. The Morgan fingerprint density at radius 1 is 1.05 bits per heavy atom. The molecule has 0 aromatic heterocycles. The van der Waals surface area contributed by atoms with E-state index in [1.165, 1.54) is 6.07 Å². The topological polar surface area (TPSA) is 104 Å². The third kappa shape index (κ3) is 3.51. The van der Waals surface area contributed by atoms with Crippen molar-refractivity contribution in [3.63, 3.8) is 0 Å². The minimum Gasteiger partial charge on any atom is -0.478 e. The minimum atomic E-state index is -1.13. The van der Waals surface area contributed by atoms with E-state index in [4.69, 9.17) is 10.8 Å². The molecule has 0 radical (unpaired) electrons. The number of carbonyl (C=O) groups excluding carboxylic acids is 1. The van der Waals surface area contributed by atoms with E-state index >= 15 is 0 Å². The number of anilines is 3. The van der Waals surface area contributed by atoms with E-state index in [0.29, 0.717) is 15.8 Å². The summed E-state index contributed by atoms with van der Waals surface area (Å²) >= 11 is 3.21. The van der Waals surface area contributed by atoms with Gasteiger partial charge in [0.25, 0.3) is 0 Å². The third-order valence-corrected chi connectivity index (χ3v) is 3.35. The fourth-order valence-electron chi connectivity index (χ4n) is 1.71. The second-order valence-electron chi connectivity index (χ2n) is 4.13. The smallest absolute Gasteiger partial charge is 0.337 e. The molecule has 0 fully saturated rings. The number of urea groups is 1. The lowest BCUT2D eigenvalue weighted by Crippen LogP contribution is -2.22. The van der Waals surface area contributed by atoms with Gasteiger partial charge in [-0.3, -0.25) is 0 Å². The fraction of sp³-hybridized carbons (Fsp3) is 0. The highest BCUT2D eigenvalue weighted by Gasteiger charge is 2.15. The maximum Gasteiger partial charge on any atom is 0.337 e. The Bertz CT molecular complexity index is 704. The van der Waals surface area contributed by atoms with Gasteiger partial charge in [0.1, 0.15) is 0 Å². The fourth-order valence-corrected chi connectivity index (χ4v) is 2.17. The Morgan fingerprint density at radius 2 is 1.76 bits per heavy atom. The Balaban J connectivity index is 2.21. The number of carboxylic acid groups (broad SMARTS) is 1. The van der Waals surface area contributed by atoms with Gasteiger partial charge in [-0.15, -0.1) is 0 Å². The molecule has 0 atom stereocenters. The Hall–Kier alpha value is -2.54. The highest BCUT2D eigenvalue weighted by molar-refractivity contribution is 9.10. The van der Waals surface area contributed by atoms with Gasteiger partial charge in [-0.25, -0.2) is 9.59 Å². The van der Waals surface area contributed by atoms with Crippen LogP contribution in [0.1, 0.15) is 10.4 Å². The van der Waals surface area contributed by atoms with Crippen molar-refractivity contribution in [1.29, 1.82) is 0 Å². The van der Waals surface area contributed by atoms with Crippen LogP contribution in [0.5, 0.6) is 0 Å². The first-order chi connectivity index (χ1) is 9.99. The average Bonchev–Trinajstić information content (AvgIpc) is 2.43. The molecule has 0 spiro atoms. The van der Waals surface area contributed by atoms with Crippen molar-refractivity contribution >= 4 is 45.0 Å². The van der Waals surface area contributed by atoms with E-state index in [-0.39, 0.29) is 11.3 Å². The zero-order valence-electron chi connectivity index (χ0n) is 10.8. The van der Waals surface area contributed by atoms with Gasteiger partial charge < -0.3 is 21.5 Å². The maximum absolute atomic E-state index is 12.0. The predicted octanol–water partition coefficient (Wildman–Crippen LogP) is 3.37. The quantitative estimate of drug-likeness (QED) is 0.637. The van der Waals surface area contributed by atoms with Gasteiger partial charge in [0.15, 0.2) is 0 Å². The average molecular weight is 350 g/mol. The molecule has 2 aromatic carbocycles. The molecule has 2 rings (SSSR count). The second-order valence-corrected chi connectivity index (χ2v) is 4.99. The van der Waals surface area contributed by atoms with Crippen LogP contribution < -0.4 is 16.4 Å². The Labute approximate surface area is 129 Å². The number of hydrogen-bond acceptors (Lipinski definition) is 3. The first kappa shape index (κ1) is 14.9. The maximum atomic E-state index is 12.0. The summed E-state index contributed by atoms with van der Waals surface area (Å²) < 4.78 is 0.471. The number of aromatic carboxylic acids is 1. The van der Waals surface area contributed by atoms with E-state index in [0.717, 1.165) is 0 Å². The van der Waals surface area contributed by atoms with Crippen molar-refractivity contribution in [2.45, 2.75) is 0 Å². The summed E-state index contributed by atoms with van der Waals surface area (Å²) in [7, 11) is 0. The summed E-state index contributed by atoms with van der Waals surface area (Å²) in [5.41, 5.74) is 6.75. The Kier molecular flexibility index (Phi) is 4.44. The van der Waals surface area contributed by atoms with Crippen molar-refractivity contribution < 1.29 is 14.7 Å². The van der Waals surface area contributed by atoms with E-state index in [9.17, 15) is 9.59 Å². The van der Waals surface area contributed by atoms with E-state index in [1.807, 2.05) is 0 Å². The molecule has 0 bridgehead atoms. The van der Waals surface area contributed by atoms with Gasteiger partial charge in [0.05, 0.1) is 22.6 Å². The number of para-hydroxylation sites is 3. The van der Waals surface area contributed by atoms with Crippen LogP contribution in [-0.4, -0.2) is 17.1 Å². The molecular weight excluding hydrogens is 338 g/mol. The van der Waals surface area contributed by atoms with Crippen LogP contribution in [0.15, 0.2) is 46.9 Å². The molecule has 0 aliphatic carbocycles. The third-order valence-electron chi connectivity index (χ3n) is 2.69. The van der Waals surface area contributed by atoms with Crippen LogP contribution in [0, 0.1) is 0 Å². The van der Waals surface area contributed by atoms with E-state index in [1.54, 1.807) is 36.4 Å². The lowest BCUT2D eigenvalue weighted by Gasteiger charge is -2.12. The van der Waals surface area contributed by atoms with Gasteiger partial charge in [0.2, 0.25) is 0 Å². The molecule has 2 aromatic rings. The highest BCUT2D eigenvalue weighted by atomic mass is 79.9. The Morgan fingerprint density at radius 3 is 2.43 bits per heavy atom. The van der Waals surface area contributed by atoms with Crippen molar-refractivity contribution in [2.24, 2.45) is 0 Å². The molecule has 5 N–H and O–H groups in total. The number of hydrogen-bond donors (Lipinski definition) is 4. The zero-order valence-corrected chi connectivity index (χ0v) is 12.3. The number of benzene rings is 2. The number of nitrogens with one attached hydrogen (secondary N) is 2. The van der Waals surface area contributed by atoms with Crippen molar-refractivity contribution in [3.05, 3.63) is 52.5 Å². The first-order valence-corrected chi connectivity index (χ1v) is 6.72. The van der Waals surface area contributed by atoms with Crippen molar-refractivity contribution in [2.75, 3.05) is 16.4 Å². The summed E-state index contributed by atoms with van der Waals surface area (Å²) in [6.45, 7) is 0. The van der Waals surface area contributed by atoms with Crippen molar-refractivity contribution in [3.8, 4) is 0 Å². The van der Waals surface area contributed by atoms with Gasteiger partial charge in [-0.1, -0.05) is 18.2 Å². The molecule has 21 heavy (non-hydrogen) atoms. The first-order valence-electron chi connectivity index (χ1n) is 5.93. The number of halogens is 1. The molecule has 0 saturated heterocycles. The van der Waals surface area contributed by atoms with E-state index < -0.39 is 12.0 Å². The number of rotatable bonds is 3. The molecule has 0 unspecified atom stereocenters. The van der Waals surface area contributed by atoms with Gasteiger partial charge in [0, 0.05) is 4.47 Å². The zero-order chi connectivity index (χ0) is 15.4. The van der Waals surface area contributed by atoms with E-state index in [2.05, 4.69) is 26.6 Å². The number of nitrogens with two attached hydrogens (primary N) is 1. The summed E-state index contributed by atoms with van der Waals surface area (Å²) in [5.74, 6) is -1.13. The van der Waals surface area contributed by atoms with Crippen LogP contribution >= 0.6 is 15.9 Å². The van der Waals surface area contributed by atoms with Crippen LogP contribution in [0.25, 0.3) is 0 Å². The largest absolute Gasteiger partial charge is 0.478 e. The second kappa shape index (κ2) is 6.27. The lowest BCUT2D eigenvalue weighted by atomic mass is 10.2. The number of carbonyl (C=O) groups is 2. The number of amides is 2. The molecule has 0 saturated carbocycles. The summed E-state index contributed by atoms with van der Waals surface area (Å²) in [6, 6.07) is 10.8. The normalized spacial score (nSPS) is 9.95.